The molecular weight excluding hydrogens is 289 g/mol. The number of ketones is 1. The molecule has 0 spiro atoms. The van der Waals surface area contributed by atoms with Gasteiger partial charge in [0.05, 0.1) is 13.0 Å². The Labute approximate surface area is 129 Å². The lowest BCUT2D eigenvalue weighted by molar-refractivity contribution is 0.00148. The lowest BCUT2D eigenvalue weighted by Gasteiger charge is -2.38. The van der Waals surface area contributed by atoms with E-state index in [0.717, 1.165) is 6.07 Å². The van der Waals surface area contributed by atoms with Gasteiger partial charge in [0.2, 0.25) is 0 Å². The first-order valence-corrected chi connectivity index (χ1v) is 7.07. The van der Waals surface area contributed by atoms with E-state index in [9.17, 15) is 14.0 Å². The van der Waals surface area contributed by atoms with Gasteiger partial charge in [0, 0.05) is 18.7 Å². The molecule has 1 aromatic rings. The normalized spacial score (nSPS) is 15.2. The molecule has 1 aliphatic heterocycles. The van der Waals surface area contributed by atoms with Gasteiger partial charge in [-0.1, -0.05) is 0 Å². The third kappa shape index (κ3) is 3.55. The SMILES string of the molecule is COc1ccc(C(=O)C2CN(C(=O)OC(C)(C)C)C2)cc1F. The van der Waals surface area contributed by atoms with Gasteiger partial charge < -0.3 is 14.4 Å². The topological polar surface area (TPSA) is 55.8 Å². The summed E-state index contributed by atoms with van der Waals surface area (Å²) < 4.78 is 23.7. The molecule has 0 N–H and O–H groups in total. The van der Waals surface area contributed by atoms with Gasteiger partial charge in [-0.2, -0.15) is 0 Å². The third-order valence-electron chi connectivity index (χ3n) is 3.34. The number of likely N-dealkylation sites (tertiary alicyclic amines) is 1. The summed E-state index contributed by atoms with van der Waals surface area (Å²) in [5.41, 5.74) is -0.280. The fraction of sp³-hybridized carbons (Fsp3) is 0.500. The van der Waals surface area contributed by atoms with Gasteiger partial charge in [0.1, 0.15) is 5.60 Å². The molecule has 1 aliphatic rings. The van der Waals surface area contributed by atoms with Gasteiger partial charge in [-0.05, 0) is 39.0 Å². The molecular formula is C16H20FNO4. The predicted octanol–water partition coefficient (Wildman–Crippen LogP) is 2.88. The van der Waals surface area contributed by atoms with Gasteiger partial charge in [-0.15, -0.1) is 0 Å². The molecule has 1 heterocycles. The van der Waals surface area contributed by atoms with Crippen molar-refractivity contribution < 1.29 is 23.5 Å². The van der Waals surface area contributed by atoms with Crippen molar-refractivity contribution in [3.05, 3.63) is 29.6 Å². The Morgan fingerprint density at radius 1 is 1.27 bits per heavy atom. The highest BCUT2D eigenvalue weighted by atomic mass is 19.1. The Balaban J connectivity index is 1.94. The summed E-state index contributed by atoms with van der Waals surface area (Å²) in [4.78, 5) is 25.5. The summed E-state index contributed by atoms with van der Waals surface area (Å²) in [6, 6.07) is 4.12. The first-order valence-electron chi connectivity index (χ1n) is 7.07. The zero-order valence-electron chi connectivity index (χ0n) is 13.2. The molecule has 0 bridgehead atoms. The number of ether oxygens (including phenoxy) is 2. The lowest BCUT2D eigenvalue weighted by Crippen LogP contribution is -2.54. The predicted molar refractivity (Wildman–Crippen MR) is 78.6 cm³/mol. The maximum absolute atomic E-state index is 13.6. The fourth-order valence-corrected chi connectivity index (χ4v) is 2.18. The monoisotopic (exact) mass is 309 g/mol. The van der Waals surface area contributed by atoms with Crippen molar-refractivity contribution in [3.63, 3.8) is 0 Å². The van der Waals surface area contributed by atoms with E-state index in [4.69, 9.17) is 9.47 Å². The Hall–Kier alpha value is -2.11. The van der Waals surface area contributed by atoms with Crippen LogP contribution in [-0.4, -0.2) is 42.6 Å². The largest absolute Gasteiger partial charge is 0.494 e. The smallest absolute Gasteiger partial charge is 0.410 e. The molecule has 1 amide bonds. The van der Waals surface area contributed by atoms with Crippen LogP contribution in [-0.2, 0) is 4.74 Å². The van der Waals surface area contributed by atoms with Crippen LogP contribution < -0.4 is 4.74 Å². The summed E-state index contributed by atoms with van der Waals surface area (Å²) in [6.45, 7) is 5.94. The number of nitrogens with zero attached hydrogens (tertiary/aromatic N) is 1. The summed E-state index contributed by atoms with van der Waals surface area (Å²) in [5, 5.41) is 0. The Kier molecular flexibility index (Phi) is 4.39. The number of amides is 1. The molecule has 120 valence electrons. The second-order valence-electron chi connectivity index (χ2n) is 6.30. The molecule has 1 aromatic carbocycles. The van der Waals surface area contributed by atoms with E-state index in [1.54, 1.807) is 20.8 Å². The first kappa shape index (κ1) is 16.3. The van der Waals surface area contributed by atoms with Crippen molar-refractivity contribution in [1.29, 1.82) is 0 Å². The number of hydrogen-bond donors (Lipinski definition) is 0. The van der Waals surface area contributed by atoms with Gasteiger partial charge in [-0.3, -0.25) is 4.79 Å². The standard InChI is InChI=1S/C16H20FNO4/c1-16(2,3)22-15(20)18-8-11(9-18)14(19)10-5-6-13(21-4)12(17)7-10/h5-7,11H,8-9H2,1-4H3. The van der Waals surface area contributed by atoms with E-state index in [1.165, 1.54) is 24.1 Å². The van der Waals surface area contributed by atoms with Crippen molar-refractivity contribution in [2.75, 3.05) is 20.2 Å². The average molecular weight is 309 g/mol. The molecule has 0 unspecified atom stereocenters. The van der Waals surface area contributed by atoms with Crippen LogP contribution in [0.1, 0.15) is 31.1 Å². The number of rotatable bonds is 3. The molecule has 0 radical (unpaired) electrons. The van der Waals surface area contributed by atoms with Crippen LogP contribution in [0.15, 0.2) is 18.2 Å². The van der Waals surface area contributed by atoms with Crippen LogP contribution in [0, 0.1) is 11.7 Å². The van der Waals surface area contributed by atoms with E-state index in [2.05, 4.69) is 0 Å². The molecule has 0 aliphatic carbocycles. The second-order valence-corrected chi connectivity index (χ2v) is 6.30. The second kappa shape index (κ2) is 5.94. The van der Waals surface area contributed by atoms with Crippen molar-refractivity contribution in [1.82, 2.24) is 4.90 Å². The molecule has 1 saturated heterocycles. The molecule has 0 aromatic heterocycles. The minimum absolute atomic E-state index is 0.0977. The zero-order valence-corrected chi connectivity index (χ0v) is 13.2. The zero-order chi connectivity index (χ0) is 16.5. The number of halogens is 1. The number of hydrogen-bond acceptors (Lipinski definition) is 4. The minimum Gasteiger partial charge on any atom is -0.494 e. The van der Waals surface area contributed by atoms with Crippen molar-refractivity contribution in [3.8, 4) is 5.75 Å². The van der Waals surface area contributed by atoms with Gasteiger partial charge >= 0.3 is 6.09 Å². The van der Waals surface area contributed by atoms with Gasteiger partial charge in [0.25, 0.3) is 0 Å². The van der Waals surface area contributed by atoms with Crippen LogP contribution >= 0.6 is 0 Å². The maximum Gasteiger partial charge on any atom is 0.410 e. The third-order valence-corrected chi connectivity index (χ3v) is 3.34. The summed E-state index contributed by atoms with van der Waals surface area (Å²) in [7, 11) is 1.37. The fourth-order valence-electron chi connectivity index (χ4n) is 2.18. The number of Topliss-reactive ketones (excluding diaryl/α,β-unsaturated/α-hetero) is 1. The molecule has 2 rings (SSSR count). The van der Waals surface area contributed by atoms with E-state index in [-0.39, 0.29) is 23.0 Å². The minimum atomic E-state index is -0.573. The van der Waals surface area contributed by atoms with Crippen LogP contribution in [0.3, 0.4) is 0 Å². The van der Waals surface area contributed by atoms with Crippen LogP contribution in [0.4, 0.5) is 9.18 Å². The number of methoxy groups -OCH3 is 1. The van der Waals surface area contributed by atoms with E-state index in [0.29, 0.717) is 13.1 Å². The summed E-state index contributed by atoms with van der Waals surface area (Å²) in [6.07, 6.45) is -0.433. The highest BCUT2D eigenvalue weighted by molar-refractivity contribution is 5.99. The van der Waals surface area contributed by atoms with Crippen LogP contribution in [0.25, 0.3) is 0 Å². The molecule has 0 saturated carbocycles. The highest BCUT2D eigenvalue weighted by Gasteiger charge is 2.38. The van der Waals surface area contributed by atoms with E-state index in [1.807, 2.05) is 0 Å². The molecule has 22 heavy (non-hydrogen) atoms. The van der Waals surface area contributed by atoms with Crippen LogP contribution in [0.2, 0.25) is 0 Å². The van der Waals surface area contributed by atoms with E-state index < -0.39 is 17.5 Å². The number of carbonyl (C=O) groups is 2. The van der Waals surface area contributed by atoms with E-state index >= 15 is 0 Å². The number of carbonyl (C=O) groups excluding carboxylic acids is 2. The Morgan fingerprint density at radius 3 is 2.41 bits per heavy atom. The van der Waals surface area contributed by atoms with Crippen LogP contribution in [0.5, 0.6) is 5.75 Å². The van der Waals surface area contributed by atoms with Gasteiger partial charge in [-0.25, -0.2) is 9.18 Å². The number of benzene rings is 1. The molecule has 5 nitrogen and oxygen atoms in total. The van der Waals surface area contributed by atoms with Gasteiger partial charge in [0.15, 0.2) is 17.3 Å². The van der Waals surface area contributed by atoms with Crippen molar-refractivity contribution >= 4 is 11.9 Å². The average Bonchev–Trinajstić information content (AvgIpc) is 2.34. The van der Waals surface area contributed by atoms with Crippen molar-refractivity contribution in [2.45, 2.75) is 26.4 Å². The molecule has 1 fully saturated rings. The quantitative estimate of drug-likeness (QED) is 0.806. The highest BCUT2D eigenvalue weighted by Crippen LogP contribution is 2.25. The molecule has 0 atom stereocenters. The summed E-state index contributed by atoms with van der Waals surface area (Å²) in [5.74, 6) is -0.973. The molecule has 6 heteroatoms. The van der Waals surface area contributed by atoms with Crippen molar-refractivity contribution in [2.24, 2.45) is 5.92 Å². The maximum atomic E-state index is 13.6. The summed E-state index contributed by atoms with van der Waals surface area (Å²) >= 11 is 0. The Bertz CT molecular complexity index is 588. The lowest BCUT2D eigenvalue weighted by atomic mass is 9.91. The Morgan fingerprint density at radius 2 is 1.91 bits per heavy atom. The first-order chi connectivity index (χ1) is 10.2.